The topological polar surface area (TPSA) is 81.4 Å². The molecule has 0 unspecified atom stereocenters. The van der Waals surface area contributed by atoms with Gasteiger partial charge in [0.1, 0.15) is 74.1 Å². The molecule has 0 aliphatic rings. The van der Waals surface area contributed by atoms with Crippen LogP contribution in [0.2, 0.25) is 0 Å². The van der Waals surface area contributed by atoms with E-state index in [0.29, 0.717) is 67.5 Å². The molecule has 0 saturated heterocycles. The fourth-order valence-electron chi connectivity index (χ4n) is 10.2. The highest BCUT2D eigenvalue weighted by molar-refractivity contribution is 5.46. The highest BCUT2D eigenvalue weighted by atomic mass is 16.5. The van der Waals surface area contributed by atoms with Crippen molar-refractivity contribution in [1.29, 1.82) is 0 Å². The zero-order valence-electron chi connectivity index (χ0n) is 58.6. The fourth-order valence-corrected chi connectivity index (χ4v) is 10.2. The summed E-state index contributed by atoms with van der Waals surface area (Å²) in [7, 11) is 0. The Morgan fingerprint density at radius 2 is 0.330 bits per heavy atom. The second-order valence-electron chi connectivity index (χ2n) is 33.0. The lowest BCUT2D eigenvalue weighted by atomic mass is 9.79. The van der Waals surface area contributed by atoms with E-state index in [-0.39, 0.29) is 56.5 Å². The summed E-state index contributed by atoms with van der Waals surface area (Å²) >= 11 is 0. The standard InChI is InChI=1S/C81H109NO6/c1-74(2,3)60-25-54(26-61(39-60)75(4,5)6)47-83-70-35-58(36-71(44-70)84-48-55-27-62(76(7,8)9)40-63(28-55)77(10,11)12)51-87-68-33-53(46-82)34-69(43-68)88-52-59-37-72(85-49-56-29-64(78(13,14)15)41-65(30-56)79(16,17)18)45-73(38-59)86-50-57-31-66(80(19,20)21)42-67(32-57)81(22,23)24/h25-45H,46-52,82H2,1-24H3. The molecule has 0 bridgehead atoms. The van der Waals surface area contributed by atoms with E-state index in [4.69, 9.17) is 34.2 Å². The number of rotatable bonds is 19. The molecule has 0 radical (unpaired) electrons. The van der Waals surface area contributed by atoms with Gasteiger partial charge in [-0.25, -0.2) is 0 Å². The maximum atomic E-state index is 6.74. The average molecular weight is 1190 g/mol. The highest BCUT2D eigenvalue weighted by Gasteiger charge is 2.26. The van der Waals surface area contributed by atoms with Crippen molar-refractivity contribution in [2.45, 2.75) is 256 Å². The van der Waals surface area contributed by atoms with E-state index < -0.39 is 0 Å². The maximum Gasteiger partial charge on any atom is 0.123 e. The number of hydrogen-bond donors (Lipinski definition) is 1. The quantitative estimate of drug-likeness (QED) is 0.0864. The van der Waals surface area contributed by atoms with Gasteiger partial charge in [0.15, 0.2) is 0 Å². The van der Waals surface area contributed by atoms with Gasteiger partial charge in [-0.2, -0.15) is 0 Å². The Morgan fingerprint density at radius 1 is 0.193 bits per heavy atom. The second kappa shape index (κ2) is 26.4. The van der Waals surface area contributed by atoms with E-state index in [1.807, 2.05) is 30.3 Å². The van der Waals surface area contributed by atoms with E-state index in [9.17, 15) is 0 Å². The summed E-state index contributed by atoms with van der Waals surface area (Å²) in [4.78, 5) is 0. The third-order valence-corrected chi connectivity index (χ3v) is 16.4. The van der Waals surface area contributed by atoms with Gasteiger partial charge < -0.3 is 34.2 Å². The van der Waals surface area contributed by atoms with Crippen LogP contribution in [0.4, 0.5) is 0 Å². The molecule has 0 spiro atoms. The monoisotopic (exact) mass is 1190 g/mol. The second-order valence-corrected chi connectivity index (χ2v) is 33.0. The van der Waals surface area contributed by atoms with Crippen molar-refractivity contribution < 1.29 is 28.4 Å². The summed E-state index contributed by atoms with van der Waals surface area (Å²) in [6.45, 7) is 56.7. The maximum absolute atomic E-state index is 6.74. The molecule has 0 aliphatic carbocycles. The molecule has 0 aliphatic heterocycles. The summed E-state index contributed by atoms with van der Waals surface area (Å²) in [5, 5.41) is 0. The molecule has 0 amide bonds. The van der Waals surface area contributed by atoms with Crippen LogP contribution in [-0.2, 0) is 89.5 Å². The van der Waals surface area contributed by atoms with Gasteiger partial charge in [0.05, 0.1) is 0 Å². The number of nitrogens with two attached hydrogens (primary N) is 1. The first-order chi connectivity index (χ1) is 40.5. The van der Waals surface area contributed by atoms with Crippen molar-refractivity contribution in [3.63, 3.8) is 0 Å². The van der Waals surface area contributed by atoms with E-state index in [1.165, 1.54) is 44.5 Å². The molecular weight excluding hydrogens is 1080 g/mol. The van der Waals surface area contributed by atoms with Crippen molar-refractivity contribution >= 4 is 0 Å². The lowest BCUT2D eigenvalue weighted by molar-refractivity contribution is 0.275. The van der Waals surface area contributed by atoms with E-state index in [2.05, 4.69) is 263 Å². The van der Waals surface area contributed by atoms with Crippen molar-refractivity contribution in [3.8, 4) is 34.5 Å². The van der Waals surface area contributed by atoms with Crippen LogP contribution in [0.15, 0.2) is 127 Å². The molecule has 0 atom stereocenters. The van der Waals surface area contributed by atoms with Crippen LogP contribution in [0.5, 0.6) is 34.5 Å². The smallest absolute Gasteiger partial charge is 0.123 e. The fraction of sp³-hybridized carbons (Fsp3) is 0.481. The molecule has 7 aromatic rings. The summed E-state index contributed by atoms with van der Waals surface area (Å²) in [6, 6.07) is 45.7. The molecule has 0 heterocycles. The Hall–Kier alpha value is -6.70. The number of benzene rings is 7. The normalized spacial score (nSPS) is 12.9. The van der Waals surface area contributed by atoms with Gasteiger partial charge >= 0.3 is 0 Å². The van der Waals surface area contributed by atoms with Crippen molar-refractivity contribution in [3.05, 3.63) is 211 Å². The molecular formula is C81H109NO6. The van der Waals surface area contributed by atoms with Crippen LogP contribution < -0.4 is 34.2 Å². The summed E-state index contributed by atoms with van der Waals surface area (Å²) in [5.74, 6) is 4.06. The first-order valence-corrected chi connectivity index (χ1v) is 32.0. The van der Waals surface area contributed by atoms with E-state index >= 15 is 0 Å². The van der Waals surface area contributed by atoms with Gasteiger partial charge in [0.2, 0.25) is 0 Å². The Bertz CT molecular complexity index is 2970. The third kappa shape index (κ3) is 19.6. The molecule has 0 saturated carbocycles. The highest BCUT2D eigenvalue weighted by Crippen LogP contribution is 2.38. The summed E-state index contributed by atoms with van der Waals surface area (Å²) in [6.07, 6.45) is 0. The molecule has 2 N–H and O–H groups in total. The Balaban J connectivity index is 1.18. The van der Waals surface area contributed by atoms with Crippen LogP contribution >= 0.6 is 0 Å². The van der Waals surface area contributed by atoms with Gasteiger partial charge in [-0.05, 0) is 163 Å². The lowest BCUT2D eigenvalue weighted by Gasteiger charge is -2.26. The van der Waals surface area contributed by atoms with Crippen LogP contribution in [0, 0.1) is 0 Å². The van der Waals surface area contributed by atoms with Gasteiger partial charge in [-0.15, -0.1) is 0 Å². The van der Waals surface area contributed by atoms with Crippen LogP contribution in [0.1, 0.15) is 250 Å². The average Bonchev–Trinajstić information content (AvgIpc) is 2.00. The Labute approximate surface area is 532 Å². The minimum Gasteiger partial charge on any atom is -0.489 e. The Kier molecular flexibility index (Phi) is 20.6. The van der Waals surface area contributed by atoms with Crippen LogP contribution in [0.3, 0.4) is 0 Å². The predicted molar refractivity (Wildman–Crippen MR) is 369 cm³/mol. The zero-order chi connectivity index (χ0) is 65.2. The summed E-state index contributed by atoms with van der Waals surface area (Å²) in [5.41, 5.74) is 23.7. The first-order valence-electron chi connectivity index (χ1n) is 32.0. The van der Waals surface area contributed by atoms with Crippen molar-refractivity contribution in [1.82, 2.24) is 0 Å². The molecule has 88 heavy (non-hydrogen) atoms. The minimum absolute atomic E-state index is 0.0236. The predicted octanol–water partition coefficient (Wildman–Crippen LogP) is 21.0. The van der Waals surface area contributed by atoms with Gasteiger partial charge in [-0.1, -0.05) is 239 Å². The van der Waals surface area contributed by atoms with Crippen molar-refractivity contribution in [2.24, 2.45) is 5.73 Å². The molecule has 0 aromatic heterocycles. The van der Waals surface area contributed by atoms with Crippen molar-refractivity contribution in [2.75, 3.05) is 0 Å². The SMILES string of the molecule is CC(C)(C)c1cc(COc2cc(COc3cc(CN)cc(OCc4cc(OCc5cc(C(C)(C)C)cc(C(C)(C)C)c5)cc(OCc5cc(C(C)(C)C)cc(C(C)(C)C)c5)c4)c3)cc(OCc3cc(C(C)(C)C)cc(C(C)(C)C)c3)c2)cc(C(C)(C)C)c1. The molecule has 7 aromatic carbocycles. The zero-order valence-corrected chi connectivity index (χ0v) is 58.6. The minimum atomic E-state index is -0.0236. The van der Waals surface area contributed by atoms with Gasteiger partial charge in [0, 0.05) is 24.7 Å². The first kappa shape index (κ1) is 68.8. The van der Waals surface area contributed by atoms with Gasteiger partial charge in [-0.3, -0.25) is 0 Å². The van der Waals surface area contributed by atoms with Crippen LogP contribution in [0.25, 0.3) is 0 Å². The molecule has 7 nitrogen and oxygen atoms in total. The summed E-state index contributed by atoms with van der Waals surface area (Å²) < 4.78 is 40.3. The lowest BCUT2D eigenvalue weighted by Crippen LogP contribution is -2.17. The number of hydrogen-bond acceptors (Lipinski definition) is 7. The Morgan fingerprint density at radius 3 is 0.466 bits per heavy atom. The largest absolute Gasteiger partial charge is 0.489 e. The molecule has 7 rings (SSSR count). The third-order valence-electron chi connectivity index (χ3n) is 16.4. The molecule has 474 valence electrons. The van der Waals surface area contributed by atoms with Gasteiger partial charge in [0.25, 0.3) is 0 Å². The number of ether oxygens (including phenoxy) is 6. The van der Waals surface area contributed by atoms with Crippen LogP contribution in [-0.4, -0.2) is 0 Å². The van der Waals surface area contributed by atoms with E-state index in [0.717, 1.165) is 38.9 Å². The van der Waals surface area contributed by atoms with E-state index in [1.54, 1.807) is 0 Å². The molecule has 0 fully saturated rings. The molecule has 7 heteroatoms.